The van der Waals surface area contributed by atoms with E-state index in [9.17, 15) is 27.6 Å². The minimum atomic E-state index is -5.32. The number of rotatable bonds is 9. The van der Waals surface area contributed by atoms with Crippen LogP contribution >= 0.6 is 0 Å². The van der Waals surface area contributed by atoms with E-state index in [4.69, 9.17) is 4.74 Å². The molecule has 0 bridgehead atoms. The molecular weight excluding hydrogens is 531 g/mol. The molecule has 0 saturated carbocycles. The summed E-state index contributed by atoms with van der Waals surface area (Å²) in [5, 5.41) is 5.23. The molecule has 2 aromatic heterocycles. The van der Waals surface area contributed by atoms with Gasteiger partial charge in [-0.25, -0.2) is 4.79 Å². The Kier molecular flexibility index (Phi) is 8.14. The van der Waals surface area contributed by atoms with Gasteiger partial charge in [-0.1, -0.05) is 0 Å². The SMILES string of the molecule is CN(C)CCNC(=O)C(C)(OC(=O)C(F)(F)F)Oc1ccc(-c2cc(-c3cc4c([nH]3)CCNC4=O)ccn2)cc1. The lowest BCUT2D eigenvalue weighted by molar-refractivity contribution is -0.234. The van der Waals surface area contributed by atoms with Crippen LogP contribution < -0.4 is 15.4 Å². The molecule has 10 nitrogen and oxygen atoms in total. The molecule has 1 aromatic carbocycles. The first-order valence-electron chi connectivity index (χ1n) is 12.3. The topological polar surface area (TPSA) is 126 Å². The molecule has 1 aliphatic heterocycles. The van der Waals surface area contributed by atoms with Crippen molar-refractivity contribution in [2.45, 2.75) is 25.3 Å². The van der Waals surface area contributed by atoms with Gasteiger partial charge in [-0.2, -0.15) is 13.2 Å². The van der Waals surface area contributed by atoms with E-state index in [0.29, 0.717) is 36.3 Å². The molecule has 1 unspecified atom stereocenters. The summed E-state index contributed by atoms with van der Waals surface area (Å²) in [6.45, 7) is 1.99. The zero-order chi connectivity index (χ0) is 29.1. The number of carbonyl (C=O) groups is 3. The number of hydrogen-bond acceptors (Lipinski definition) is 7. The molecule has 3 aromatic rings. The average molecular weight is 560 g/mol. The molecule has 4 rings (SSSR count). The lowest BCUT2D eigenvalue weighted by Crippen LogP contribution is -2.54. The van der Waals surface area contributed by atoms with Crippen molar-refractivity contribution >= 4 is 17.8 Å². The fraction of sp³-hybridized carbons (Fsp3) is 0.333. The maximum Gasteiger partial charge on any atom is 0.491 e. The lowest BCUT2D eigenvalue weighted by Gasteiger charge is -2.29. The van der Waals surface area contributed by atoms with Gasteiger partial charge in [0.15, 0.2) is 0 Å². The van der Waals surface area contributed by atoms with Crippen LogP contribution in [-0.4, -0.2) is 78.3 Å². The summed E-state index contributed by atoms with van der Waals surface area (Å²) in [7, 11) is 3.50. The van der Waals surface area contributed by atoms with Gasteiger partial charge in [-0.05, 0) is 56.6 Å². The van der Waals surface area contributed by atoms with Crippen molar-refractivity contribution in [2.24, 2.45) is 0 Å². The van der Waals surface area contributed by atoms with E-state index in [-0.39, 0.29) is 18.2 Å². The Labute approximate surface area is 227 Å². The van der Waals surface area contributed by atoms with Gasteiger partial charge in [-0.3, -0.25) is 14.6 Å². The Morgan fingerprint density at radius 1 is 1.10 bits per heavy atom. The molecule has 212 valence electrons. The van der Waals surface area contributed by atoms with E-state index in [1.807, 2.05) is 6.07 Å². The van der Waals surface area contributed by atoms with Crippen LogP contribution in [0.1, 0.15) is 23.0 Å². The fourth-order valence-electron chi connectivity index (χ4n) is 4.03. The van der Waals surface area contributed by atoms with Crippen LogP contribution in [0.15, 0.2) is 48.7 Å². The molecule has 3 heterocycles. The number of nitrogens with one attached hydrogen (secondary N) is 3. The van der Waals surface area contributed by atoms with Gasteiger partial charge in [0.2, 0.25) is 0 Å². The van der Waals surface area contributed by atoms with Gasteiger partial charge in [0, 0.05) is 61.7 Å². The summed E-state index contributed by atoms with van der Waals surface area (Å²) < 4.78 is 48.8. The van der Waals surface area contributed by atoms with Crippen LogP contribution in [0.25, 0.3) is 22.5 Å². The van der Waals surface area contributed by atoms with Crippen molar-refractivity contribution < 1.29 is 37.0 Å². The monoisotopic (exact) mass is 559 g/mol. The van der Waals surface area contributed by atoms with Crippen LogP contribution in [-0.2, 0) is 20.7 Å². The maximum absolute atomic E-state index is 12.9. The Morgan fingerprint density at radius 3 is 2.48 bits per heavy atom. The number of likely N-dealkylation sites (N-methyl/N-ethyl adjacent to an activating group) is 1. The number of halogens is 3. The molecule has 13 heteroatoms. The van der Waals surface area contributed by atoms with Crippen LogP contribution in [0.4, 0.5) is 13.2 Å². The quantitative estimate of drug-likeness (QED) is 0.272. The van der Waals surface area contributed by atoms with Gasteiger partial charge < -0.3 is 30.0 Å². The number of amides is 2. The van der Waals surface area contributed by atoms with Crippen LogP contribution in [0.2, 0.25) is 0 Å². The van der Waals surface area contributed by atoms with Crippen LogP contribution in [0.5, 0.6) is 5.75 Å². The average Bonchev–Trinajstić information content (AvgIpc) is 3.34. The molecule has 0 fully saturated rings. The molecule has 0 radical (unpaired) electrons. The highest BCUT2D eigenvalue weighted by Gasteiger charge is 2.49. The van der Waals surface area contributed by atoms with Crippen molar-refractivity contribution in [1.82, 2.24) is 25.5 Å². The molecule has 3 N–H and O–H groups in total. The lowest BCUT2D eigenvalue weighted by atomic mass is 10.1. The third-order valence-electron chi connectivity index (χ3n) is 6.11. The van der Waals surface area contributed by atoms with Gasteiger partial charge in [0.05, 0.1) is 11.3 Å². The van der Waals surface area contributed by atoms with Crippen molar-refractivity contribution in [3.63, 3.8) is 0 Å². The van der Waals surface area contributed by atoms with Gasteiger partial charge in [0.1, 0.15) is 5.75 Å². The first kappa shape index (κ1) is 28.6. The number of esters is 1. The third-order valence-corrected chi connectivity index (χ3v) is 6.11. The molecule has 1 atom stereocenters. The zero-order valence-corrected chi connectivity index (χ0v) is 22.0. The second-order valence-corrected chi connectivity index (χ2v) is 9.53. The number of pyridine rings is 1. The number of ether oxygens (including phenoxy) is 2. The van der Waals surface area contributed by atoms with Crippen LogP contribution in [0.3, 0.4) is 0 Å². The molecule has 0 spiro atoms. The number of hydrogen-bond donors (Lipinski definition) is 3. The fourth-order valence-corrected chi connectivity index (χ4v) is 4.03. The Bertz CT molecular complexity index is 1400. The molecule has 2 amide bonds. The summed E-state index contributed by atoms with van der Waals surface area (Å²) in [5.74, 6) is -6.33. The molecule has 40 heavy (non-hydrogen) atoms. The second-order valence-electron chi connectivity index (χ2n) is 9.53. The number of alkyl halides is 3. The Hall–Kier alpha value is -4.39. The molecule has 0 saturated heterocycles. The normalized spacial score (nSPS) is 14.6. The first-order chi connectivity index (χ1) is 18.9. The van der Waals surface area contributed by atoms with Crippen molar-refractivity contribution in [3.05, 3.63) is 59.9 Å². The number of aromatic amines is 1. The smallest absolute Gasteiger partial charge is 0.444 e. The number of H-pyrrole nitrogens is 1. The molecule has 0 aliphatic carbocycles. The van der Waals surface area contributed by atoms with E-state index in [2.05, 4.69) is 25.3 Å². The third kappa shape index (κ3) is 6.60. The number of benzene rings is 1. The maximum atomic E-state index is 12.9. The highest BCUT2D eigenvalue weighted by molar-refractivity contribution is 5.97. The first-order valence-corrected chi connectivity index (χ1v) is 12.3. The van der Waals surface area contributed by atoms with E-state index in [0.717, 1.165) is 23.9 Å². The van der Waals surface area contributed by atoms with E-state index in [1.54, 1.807) is 49.5 Å². The minimum Gasteiger partial charge on any atom is -0.444 e. The summed E-state index contributed by atoms with van der Waals surface area (Å²) in [5.41, 5.74) is 4.24. The minimum absolute atomic E-state index is 0.0109. The number of fused-ring (bicyclic) bond motifs is 1. The Morgan fingerprint density at radius 2 is 1.82 bits per heavy atom. The van der Waals surface area contributed by atoms with Crippen molar-refractivity contribution in [3.8, 4) is 28.3 Å². The highest BCUT2D eigenvalue weighted by Crippen LogP contribution is 2.30. The van der Waals surface area contributed by atoms with E-state index in [1.165, 1.54) is 12.1 Å². The van der Waals surface area contributed by atoms with Crippen molar-refractivity contribution in [1.29, 1.82) is 0 Å². The summed E-state index contributed by atoms with van der Waals surface area (Å²) in [6.07, 6.45) is -3.01. The van der Waals surface area contributed by atoms with E-state index < -0.39 is 23.8 Å². The molecular formula is C27H28F3N5O5. The van der Waals surface area contributed by atoms with Gasteiger partial charge >= 0.3 is 23.8 Å². The number of nitrogens with zero attached hydrogens (tertiary/aromatic N) is 2. The van der Waals surface area contributed by atoms with Gasteiger partial charge in [-0.15, -0.1) is 0 Å². The largest absolute Gasteiger partial charge is 0.491 e. The summed E-state index contributed by atoms with van der Waals surface area (Å²) in [6, 6.07) is 11.5. The summed E-state index contributed by atoms with van der Waals surface area (Å²) in [4.78, 5) is 45.8. The second kappa shape index (κ2) is 11.4. The Balaban J connectivity index is 1.53. The van der Waals surface area contributed by atoms with Crippen molar-refractivity contribution in [2.75, 3.05) is 33.7 Å². The van der Waals surface area contributed by atoms with Crippen LogP contribution in [0, 0.1) is 0 Å². The predicted molar refractivity (Wildman–Crippen MR) is 138 cm³/mol. The molecule has 1 aliphatic rings. The highest BCUT2D eigenvalue weighted by atomic mass is 19.4. The van der Waals surface area contributed by atoms with E-state index >= 15 is 0 Å². The van der Waals surface area contributed by atoms with Gasteiger partial charge in [0.25, 0.3) is 5.91 Å². The number of carbonyl (C=O) groups excluding carboxylic acids is 3. The zero-order valence-electron chi connectivity index (χ0n) is 22.0. The number of aromatic nitrogens is 2. The summed E-state index contributed by atoms with van der Waals surface area (Å²) >= 11 is 0. The standard InChI is InChI=1S/C27H28F3N5O5/c1-26(40-25(38)27(28,29)30,24(37)33-12-13-35(2)3)39-18-6-4-16(5-7-18)21-14-17(8-10-31-21)22-15-19-20(34-22)9-11-32-23(19)36/h4-8,10,14-15,34H,9,11-13H2,1-3H3,(H,32,36)(H,33,37). The predicted octanol–water partition coefficient (Wildman–Crippen LogP) is 2.91.